The Bertz CT molecular complexity index is 917. The molecule has 6 heteroatoms. The molecule has 0 aliphatic carbocycles. The topological polar surface area (TPSA) is 69.6 Å². The summed E-state index contributed by atoms with van der Waals surface area (Å²) in [5.41, 5.74) is 1.29. The van der Waals surface area contributed by atoms with Gasteiger partial charge in [0.15, 0.2) is 0 Å². The molecule has 1 unspecified atom stereocenters. The van der Waals surface area contributed by atoms with Crippen molar-refractivity contribution in [3.05, 3.63) is 64.1 Å². The Morgan fingerprint density at radius 2 is 1.93 bits per heavy atom. The lowest BCUT2D eigenvalue weighted by Gasteiger charge is -2.45. The minimum Gasteiger partial charge on any atom is -0.497 e. The zero-order chi connectivity index (χ0) is 21.1. The van der Waals surface area contributed by atoms with E-state index in [1.807, 2.05) is 12.1 Å². The zero-order valence-electron chi connectivity index (χ0n) is 17.7. The third kappa shape index (κ3) is 4.88. The summed E-state index contributed by atoms with van der Waals surface area (Å²) in [5.74, 6) is 0.662. The first-order valence-corrected chi connectivity index (χ1v) is 9.98. The molecule has 156 valence electrons. The molecule has 1 saturated heterocycles. The molecule has 1 amide bonds. The summed E-state index contributed by atoms with van der Waals surface area (Å²) >= 11 is 0. The highest BCUT2D eigenvalue weighted by Crippen LogP contribution is 2.44. The van der Waals surface area contributed by atoms with Crippen LogP contribution in [0, 0.1) is 0 Å². The number of pyridine rings is 1. The Labute approximate surface area is 171 Å². The standard InChI is InChI=1S/C23H30N2O4/c1-22(2)16-23(12-14-29-22,18-6-8-19(28-4)9-7-18)11-13-24-21(27)17-5-10-20(26)25(3)15-17/h5-10,15H,11-14,16H2,1-4H3,(H,24,27). The summed E-state index contributed by atoms with van der Waals surface area (Å²) in [6, 6.07) is 11.2. The van der Waals surface area contributed by atoms with E-state index in [1.54, 1.807) is 26.4 Å². The smallest absolute Gasteiger partial charge is 0.252 e. The van der Waals surface area contributed by atoms with Crippen molar-refractivity contribution in [3.8, 4) is 5.75 Å². The van der Waals surface area contributed by atoms with E-state index >= 15 is 0 Å². The molecular weight excluding hydrogens is 368 g/mol. The number of aryl methyl sites for hydroxylation is 1. The molecule has 1 aromatic heterocycles. The third-order valence-corrected chi connectivity index (χ3v) is 5.78. The normalized spacial score (nSPS) is 20.8. The van der Waals surface area contributed by atoms with E-state index in [2.05, 4.69) is 31.3 Å². The molecule has 1 aliphatic heterocycles. The number of aromatic nitrogens is 1. The molecule has 3 rings (SSSR count). The van der Waals surface area contributed by atoms with Crippen LogP contribution in [0.4, 0.5) is 0 Å². The lowest BCUT2D eigenvalue weighted by Crippen LogP contribution is -2.45. The third-order valence-electron chi connectivity index (χ3n) is 5.78. The van der Waals surface area contributed by atoms with Crippen LogP contribution in [0.1, 0.15) is 49.0 Å². The van der Waals surface area contributed by atoms with Gasteiger partial charge in [-0.2, -0.15) is 0 Å². The van der Waals surface area contributed by atoms with Gasteiger partial charge in [-0.1, -0.05) is 12.1 Å². The second-order valence-electron chi connectivity index (χ2n) is 8.42. The number of carbonyl (C=O) groups is 1. The number of nitrogens with one attached hydrogen (secondary N) is 1. The quantitative estimate of drug-likeness (QED) is 0.812. The van der Waals surface area contributed by atoms with Crippen LogP contribution in [-0.4, -0.2) is 36.3 Å². The van der Waals surface area contributed by atoms with Gasteiger partial charge in [0.25, 0.3) is 5.91 Å². The molecular formula is C23H30N2O4. The summed E-state index contributed by atoms with van der Waals surface area (Å²) in [6.07, 6.45) is 4.15. The number of methoxy groups -OCH3 is 1. The number of carbonyl (C=O) groups excluding carboxylic acids is 1. The minimum absolute atomic E-state index is 0.0785. The maximum atomic E-state index is 12.5. The summed E-state index contributed by atoms with van der Waals surface area (Å²) in [5, 5.41) is 3.02. The van der Waals surface area contributed by atoms with Gasteiger partial charge in [-0.25, -0.2) is 0 Å². The Morgan fingerprint density at radius 3 is 2.55 bits per heavy atom. The average molecular weight is 399 g/mol. The van der Waals surface area contributed by atoms with Crippen LogP contribution in [0.25, 0.3) is 0 Å². The highest BCUT2D eigenvalue weighted by molar-refractivity contribution is 5.93. The Hall–Kier alpha value is -2.60. The molecule has 29 heavy (non-hydrogen) atoms. The maximum absolute atomic E-state index is 12.5. The minimum atomic E-state index is -0.222. The number of hydrogen-bond donors (Lipinski definition) is 1. The van der Waals surface area contributed by atoms with E-state index < -0.39 is 0 Å². The molecule has 6 nitrogen and oxygen atoms in total. The van der Waals surface area contributed by atoms with Crippen molar-refractivity contribution in [2.24, 2.45) is 7.05 Å². The van der Waals surface area contributed by atoms with Crippen LogP contribution in [-0.2, 0) is 17.2 Å². The van der Waals surface area contributed by atoms with Crippen LogP contribution in [0.2, 0.25) is 0 Å². The van der Waals surface area contributed by atoms with Crippen molar-refractivity contribution < 1.29 is 14.3 Å². The van der Waals surface area contributed by atoms with E-state index in [0.717, 1.165) is 25.0 Å². The number of nitrogens with zero attached hydrogens (tertiary/aromatic N) is 1. The molecule has 0 radical (unpaired) electrons. The first kappa shape index (κ1) is 21.1. The second-order valence-corrected chi connectivity index (χ2v) is 8.42. The summed E-state index contributed by atoms with van der Waals surface area (Å²) in [7, 11) is 3.30. The molecule has 2 heterocycles. The van der Waals surface area contributed by atoms with E-state index in [0.29, 0.717) is 18.7 Å². The van der Waals surface area contributed by atoms with Crippen molar-refractivity contribution in [2.45, 2.75) is 44.1 Å². The molecule has 1 aromatic carbocycles. The first-order chi connectivity index (χ1) is 13.7. The number of benzene rings is 1. The zero-order valence-corrected chi connectivity index (χ0v) is 17.7. The van der Waals surface area contributed by atoms with Gasteiger partial charge < -0.3 is 19.4 Å². The van der Waals surface area contributed by atoms with Crippen molar-refractivity contribution in [2.75, 3.05) is 20.3 Å². The molecule has 1 fully saturated rings. The summed E-state index contributed by atoms with van der Waals surface area (Å²) in [6.45, 7) is 5.47. The molecule has 1 aliphatic rings. The number of ether oxygens (including phenoxy) is 2. The summed E-state index contributed by atoms with van der Waals surface area (Å²) in [4.78, 5) is 24.1. The van der Waals surface area contributed by atoms with Crippen molar-refractivity contribution in [1.29, 1.82) is 0 Å². The van der Waals surface area contributed by atoms with Gasteiger partial charge in [0.05, 0.1) is 18.3 Å². The fourth-order valence-corrected chi connectivity index (χ4v) is 4.27. The van der Waals surface area contributed by atoms with Crippen molar-refractivity contribution in [3.63, 3.8) is 0 Å². The second kappa shape index (κ2) is 8.41. The number of hydrogen-bond acceptors (Lipinski definition) is 4. The number of rotatable bonds is 6. The largest absolute Gasteiger partial charge is 0.497 e. The van der Waals surface area contributed by atoms with Crippen LogP contribution >= 0.6 is 0 Å². The monoisotopic (exact) mass is 398 g/mol. The van der Waals surface area contributed by atoms with Gasteiger partial charge in [0, 0.05) is 37.9 Å². The van der Waals surface area contributed by atoms with Gasteiger partial charge in [-0.3, -0.25) is 9.59 Å². The number of amides is 1. The van der Waals surface area contributed by atoms with Crippen LogP contribution < -0.4 is 15.6 Å². The molecule has 1 atom stereocenters. The molecule has 0 spiro atoms. The Kier molecular flexibility index (Phi) is 6.13. The fourth-order valence-electron chi connectivity index (χ4n) is 4.27. The molecule has 2 aromatic rings. The van der Waals surface area contributed by atoms with Crippen LogP contribution in [0.3, 0.4) is 0 Å². The lowest BCUT2D eigenvalue weighted by molar-refractivity contribution is -0.0838. The van der Waals surface area contributed by atoms with Gasteiger partial charge >= 0.3 is 0 Å². The predicted molar refractivity (Wildman–Crippen MR) is 113 cm³/mol. The predicted octanol–water partition coefficient (Wildman–Crippen LogP) is 3.04. The van der Waals surface area contributed by atoms with Crippen LogP contribution in [0.15, 0.2) is 47.4 Å². The Morgan fingerprint density at radius 1 is 1.21 bits per heavy atom. The molecule has 0 bridgehead atoms. The van der Waals surface area contributed by atoms with Gasteiger partial charge in [0.2, 0.25) is 5.56 Å². The van der Waals surface area contributed by atoms with Gasteiger partial charge in [-0.05, 0) is 56.9 Å². The SMILES string of the molecule is COc1ccc(C2(CCNC(=O)c3ccc(=O)n(C)c3)CCOC(C)(C)C2)cc1. The van der Waals surface area contributed by atoms with Crippen molar-refractivity contribution >= 4 is 5.91 Å². The first-order valence-electron chi connectivity index (χ1n) is 9.98. The maximum Gasteiger partial charge on any atom is 0.252 e. The fraction of sp³-hybridized carbons (Fsp3) is 0.478. The highest BCUT2D eigenvalue weighted by Gasteiger charge is 2.41. The Balaban J connectivity index is 1.75. The van der Waals surface area contributed by atoms with E-state index in [4.69, 9.17) is 9.47 Å². The average Bonchev–Trinajstić information content (AvgIpc) is 2.69. The van der Waals surface area contributed by atoms with Crippen molar-refractivity contribution in [1.82, 2.24) is 9.88 Å². The van der Waals surface area contributed by atoms with Gasteiger partial charge in [0.1, 0.15) is 5.75 Å². The molecule has 1 N–H and O–H groups in total. The summed E-state index contributed by atoms with van der Waals surface area (Å²) < 4.78 is 12.7. The van der Waals surface area contributed by atoms with E-state index in [-0.39, 0.29) is 22.5 Å². The molecule has 0 saturated carbocycles. The van der Waals surface area contributed by atoms with E-state index in [9.17, 15) is 9.59 Å². The highest BCUT2D eigenvalue weighted by atomic mass is 16.5. The van der Waals surface area contributed by atoms with Gasteiger partial charge in [-0.15, -0.1) is 0 Å². The van der Waals surface area contributed by atoms with E-state index in [1.165, 1.54) is 16.2 Å². The lowest BCUT2D eigenvalue weighted by atomic mass is 9.67. The van der Waals surface area contributed by atoms with Crippen LogP contribution in [0.5, 0.6) is 5.75 Å².